The highest BCUT2D eigenvalue weighted by atomic mass is 16.3. The van der Waals surface area contributed by atoms with Gasteiger partial charge < -0.3 is 10.4 Å². The highest BCUT2D eigenvalue weighted by Crippen LogP contribution is 2.87. The summed E-state index contributed by atoms with van der Waals surface area (Å²) in [7, 11) is 0. The summed E-state index contributed by atoms with van der Waals surface area (Å²) in [6, 6.07) is 0.370. The summed E-state index contributed by atoms with van der Waals surface area (Å²) in [6.07, 6.45) is 5.49. The fourth-order valence-electron chi connectivity index (χ4n) is 4.75. The molecular weight excluding hydrogens is 174 g/mol. The molecule has 1 aliphatic heterocycles. The predicted molar refractivity (Wildman–Crippen MR) is 56.0 cm³/mol. The first kappa shape index (κ1) is 9.17. The SMILES string of the molecule is CC1(C)C2(CCC2)[C@@]12CN[C@H](CO)C2. The van der Waals surface area contributed by atoms with E-state index in [1.165, 1.54) is 25.7 Å². The van der Waals surface area contributed by atoms with Gasteiger partial charge in [0.05, 0.1) is 6.61 Å². The van der Waals surface area contributed by atoms with Gasteiger partial charge in [0, 0.05) is 12.6 Å². The molecule has 0 radical (unpaired) electrons. The van der Waals surface area contributed by atoms with Crippen LogP contribution in [-0.2, 0) is 0 Å². The molecule has 2 heteroatoms. The summed E-state index contributed by atoms with van der Waals surface area (Å²) >= 11 is 0. The molecule has 0 aromatic rings. The van der Waals surface area contributed by atoms with Crippen LogP contribution in [0.2, 0.25) is 0 Å². The molecule has 2 saturated carbocycles. The van der Waals surface area contributed by atoms with E-state index in [-0.39, 0.29) is 0 Å². The Morgan fingerprint density at radius 1 is 1.29 bits per heavy atom. The van der Waals surface area contributed by atoms with Crippen LogP contribution in [0, 0.1) is 16.2 Å². The second kappa shape index (κ2) is 2.35. The molecule has 2 atom stereocenters. The van der Waals surface area contributed by atoms with Crippen LogP contribution < -0.4 is 5.32 Å². The van der Waals surface area contributed by atoms with Crippen LogP contribution in [0.4, 0.5) is 0 Å². The van der Waals surface area contributed by atoms with Crippen molar-refractivity contribution in [1.29, 1.82) is 0 Å². The molecule has 2 nitrogen and oxygen atoms in total. The number of aliphatic hydroxyl groups excluding tert-OH is 1. The molecule has 1 saturated heterocycles. The zero-order valence-corrected chi connectivity index (χ0v) is 9.27. The molecule has 3 fully saturated rings. The van der Waals surface area contributed by atoms with Crippen LogP contribution in [-0.4, -0.2) is 24.3 Å². The summed E-state index contributed by atoms with van der Waals surface area (Å²) < 4.78 is 0. The van der Waals surface area contributed by atoms with Crippen molar-refractivity contribution in [1.82, 2.24) is 5.32 Å². The number of aliphatic hydroxyl groups is 1. The summed E-state index contributed by atoms with van der Waals surface area (Å²) in [5.74, 6) is 0. The van der Waals surface area contributed by atoms with Crippen molar-refractivity contribution in [3.05, 3.63) is 0 Å². The fraction of sp³-hybridized carbons (Fsp3) is 1.00. The lowest BCUT2D eigenvalue weighted by Crippen LogP contribution is -2.25. The third kappa shape index (κ3) is 0.674. The maximum Gasteiger partial charge on any atom is 0.0584 e. The maximum absolute atomic E-state index is 9.19. The Kier molecular flexibility index (Phi) is 1.54. The van der Waals surface area contributed by atoms with Gasteiger partial charge >= 0.3 is 0 Å². The van der Waals surface area contributed by atoms with Crippen LogP contribution in [0.5, 0.6) is 0 Å². The van der Waals surface area contributed by atoms with Crippen molar-refractivity contribution >= 4 is 0 Å². The van der Waals surface area contributed by atoms with Gasteiger partial charge in [-0.05, 0) is 35.5 Å². The third-order valence-electron chi connectivity index (χ3n) is 5.96. The van der Waals surface area contributed by atoms with Crippen molar-refractivity contribution in [2.24, 2.45) is 16.2 Å². The summed E-state index contributed by atoms with van der Waals surface area (Å²) in [5, 5.41) is 12.7. The van der Waals surface area contributed by atoms with Gasteiger partial charge in [0.25, 0.3) is 0 Å². The monoisotopic (exact) mass is 195 g/mol. The minimum Gasteiger partial charge on any atom is -0.395 e. The Morgan fingerprint density at radius 2 is 2.00 bits per heavy atom. The summed E-state index contributed by atoms with van der Waals surface area (Å²) in [6.45, 7) is 6.33. The van der Waals surface area contributed by atoms with E-state index in [0.29, 0.717) is 28.9 Å². The topological polar surface area (TPSA) is 32.3 Å². The van der Waals surface area contributed by atoms with Crippen molar-refractivity contribution in [3.8, 4) is 0 Å². The number of fused-ring (bicyclic) bond motifs is 1. The highest BCUT2D eigenvalue weighted by Gasteiger charge is 2.83. The number of hydrogen-bond donors (Lipinski definition) is 2. The van der Waals surface area contributed by atoms with Crippen LogP contribution in [0.3, 0.4) is 0 Å². The second-order valence-electron chi connectivity index (χ2n) is 6.11. The van der Waals surface area contributed by atoms with E-state index in [4.69, 9.17) is 0 Å². The Hall–Kier alpha value is -0.0800. The predicted octanol–water partition coefficient (Wildman–Crippen LogP) is 1.54. The molecule has 3 aliphatic rings. The van der Waals surface area contributed by atoms with Crippen molar-refractivity contribution in [3.63, 3.8) is 0 Å². The summed E-state index contributed by atoms with van der Waals surface area (Å²) in [5.41, 5.74) is 1.71. The Balaban J connectivity index is 1.86. The maximum atomic E-state index is 9.19. The van der Waals surface area contributed by atoms with Gasteiger partial charge in [-0.2, -0.15) is 0 Å². The van der Waals surface area contributed by atoms with Gasteiger partial charge in [-0.15, -0.1) is 0 Å². The zero-order chi connectivity index (χ0) is 10.0. The quantitative estimate of drug-likeness (QED) is 0.665. The van der Waals surface area contributed by atoms with E-state index >= 15 is 0 Å². The van der Waals surface area contributed by atoms with Gasteiger partial charge in [0.2, 0.25) is 0 Å². The molecule has 2 aliphatic carbocycles. The van der Waals surface area contributed by atoms with E-state index in [1.807, 2.05) is 0 Å². The van der Waals surface area contributed by atoms with E-state index in [9.17, 15) is 5.11 Å². The molecule has 2 spiro atoms. The minimum absolute atomic E-state index is 0.313. The first-order valence-electron chi connectivity index (χ1n) is 5.94. The van der Waals surface area contributed by atoms with E-state index < -0.39 is 0 Å². The fourth-order valence-corrected chi connectivity index (χ4v) is 4.75. The second-order valence-corrected chi connectivity index (χ2v) is 6.11. The molecule has 80 valence electrons. The van der Waals surface area contributed by atoms with Gasteiger partial charge in [-0.1, -0.05) is 20.3 Å². The first-order chi connectivity index (χ1) is 6.60. The molecule has 0 unspecified atom stereocenters. The Bertz CT molecular complexity index is 269. The van der Waals surface area contributed by atoms with Gasteiger partial charge in [0.15, 0.2) is 0 Å². The Labute approximate surface area is 86.1 Å². The highest BCUT2D eigenvalue weighted by molar-refractivity contribution is 5.32. The smallest absolute Gasteiger partial charge is 0.0584 e. The van der Waals surface area contributed by atoms with Crippen molar-refractivity contribution in [2.45, 2.75) is 45.6 Å². The Morgan fingerprint density at radius 3 is 2.36 bits per heavy atom. The molecule has 14 heavy (non-hydrogen) atoms. The van der Waals surface area contributed by atoms with E-state index in [1.54, 1.807) is 0 Å². The minimum atomic E-state index is 0.313. The number of rotatable bonds is 1. The molecule has 0 bridgehead atoms. The normalized spacial score (nSPS) is 46.9. The molecule has 3 rings (SSSR count). The molecule has 2 N–H and O–H groups in total. The van der Waals surface area contributed by atoms with Gasteiger partial charge in [-0.25, -0.2) is 0 Å². The summed E-state index contributed by atoms with van der Waals surface area (Å²) in [4.78, 5) is 0. The number of nitrogens with one attached hydrogen (secondary N) is 1. The molecule has 0 amide bonds. The van der Waals surface area contributed by atoms with Crippen LogP contribution in [0.15, 0.2) is 0 Å². The standard InChI is InChI=1S/C12H21NO/c1-10(2)11(4-3-5-11)12(10)6-9(7-14)13-8-12/h9,13-14H,3-8H2,1-2H3/t9-,12-/m0/s1. The molecule has 1 heterocycles. The van der Waals surface area contributed by atoms with Crippen LogP contribution in [0.1, 0.15) is 39.5 Å². The van der Waals surface area contributed by atoms with Gasteiger partial charge in [-0.3, -0.25) is 0 Å². The molecule has 0 aromatic carbocycles. The van der Waals surface area contributed by atoms with Gasteiger partial charge in [0.1, 0.15) is 0 Å². The lowest BCUT2D eigenvalue weighted by molar-refractivity contribution is 0.189. The van der Waals surface area contributed by atoms with Crippen LogP contribution >= 0.6 is 0 Å². The first-order valence-corrected chi connectivity index (χ1v) is 5.94. The lowest BCUT2D eigenvalue weighted by Gasteiger charge is -2.31. The molecular formula is C12H21NO. The molecule has 0 aromatic heterocycles. The average molecular weight is 195 g/mol. The third-order valence-corrected chi connectivity index (χ3v) is 5.96. The largest absolute Gasteiger partial charge is 0.395 e. The van der Waals surface area contributed by atoms with Crippen molar-refractivity contribution < 1.29 is 5.11 Å². The van der Waals surface area contributed by atoms with Crippen LogP contribution in [0.25, 0.3) is 0 Å². The average Bonchev–Trinajstić information content (AvgIpc) is 2.44. The van der Waals surface area contributed by atoms with E-state index in [0.717, 1.165) is 6.54 Å². The zero-order valence-electron chi connectivity index (χ0n) is 9.27. The lowest BCUT2D eigenvalue weighted by atomic mass is 9.73. The van der Waals surface area contributed by atoms with E-state index in [2.05, 4.69) is 19.2 Å². The van der Waals surface area contributed by atoms with Crippen molar-refractivity contribution in [2.75, 3.05) is 13.2 Å². The number of hydrogen-bond acceptors (Lipinski definition) is 2.